The Hall–Kier alpha value is -1.91. The van der Waals surface area contributed by atoms with Crippen LogP contribution in [0.4, 0.5) is 0 Å². The van der Waals surface area contributed by atoms with Gasteiger partial charge in [0.25, 0.3) is 5.91 Å². The molecule has 192 valence electrons. The number of rotatable bonds is 12. The molecule has 1 amide bonds. The molecule has 1 atom stereocenters. The Bertz CT molecular complexity index is 1220. The molecule has 0 radical (unpaired) electrons. The number of nitrogens with one attached hydrogen (secondary N) is 1. The van der Waals surface area contributed by atoms with Gasteiger partial charge in [0.2, 0.25) is 0 Å². The molecule has 3 rings (SSSR count). The fourth-order valence-electron chi connectivity index (χ4n) is 3.80. The summed E-state index contributed by atoms with van der Waals surface area (Å²) in [6, 6.07) is 17.8. The molecule has 1 unspecified atom stereocenters. The summed E-state index contributed by atoms with van der Waals surface area (Å²) in [4.78, 5) is 24.8. The minimum atomic E-state index is -1.04. The van der Waals surface area contributed by atoms with E-state index in [0.717, 1.165) is 27.8 Å². The maximum atomic E-state index is 13.2. The zero-order chi connectivity index (χ0) is 26.1. The number of carboxylic acids is 1. The SMILES string of the molecule is CSCCC(NC(=O)c1ccc(COCCc2ccc(Cl)cc2Cl)cc1-c1ccccc1C)C(=O)O.[LiH]. The molecule has 0 aromatic heterocycles. The van der Waals surface area contributed by atoms with Crippen LogP contribution >= 0.6 is 35.0 Å². The van der Waals surface area contributed by atoms with Crippen LogP contribution < -0.4 is 5.32 Å². The van der Waals surface area contributed by atoms with Crippen LogP contribution in [0, 0.1) is 6.92 Å². The van der Waals surface area contributed by atoms with E-state index in [1.807, 2.05) is 55.6 Å². The number of hydrogen-bond donors (Lipinski definition) is 2. The molecule has 0 saturated carbocycles. The Kier molecular flexibility index (Phi) is 13.1. The topological polar surface area (TPSA) is 75.6 Å². The molecule has 0 aliphatic rings. The van der Waals surface area contributed by atoms with E-state index < -0.39 is 17.9 Å². The Labute approximate surface area is 244 Å². The maximum absolute atomic E-state index is 13.2. The first kappa shape index (κ1) is 31.3. The summed E-state index contributed by atoms with van der Waals surface area (Å²) >= 11 is 13.7. The summed E-state index contributed by atoms with van der Waals surface area (Å²) in [5.41, 5.74) is 4.96. The second-order valence-electron chi connectivity index (χ2n) is 8.38. The number of aliphatic carboxylic acids is 1. The molecule has 0 aliphatic carbocycles. The zero-order valence-electron chi connectivity index (χ0n) is 20.2. The van der Waals surface area contributed by atoms with Crippen molar-refractivity contribution in [2.24, 2.45) is 0 Å². The first-order valence-corrected chi connectivity index (χ1v) is 13.7. The van der Waals surface area contributed by atoms with E-state index in [1.165, 1.54) is 0 Å². The predicted molar refractivity (Wildman–Crippen MR) is 155 cm³/mol. The van der Waals surface area contributed by atoms with Gasteiger partial charge in [-0.05, 0) is 83.9 Å². The number of thioether (sulfide) groups is 1. The van der Waals surface area contributed by atoms with Crippen molar-refractivity contribution in [3.05, 3.63) is 93.0 Å². The monoisotopic (exact) mass is 553 g/mol. The van der Waals surface area contributed by atoms with Crippen molar-refractivity contribution >= 4 is 65.7 Å². The molecule has 3 aromatic rings. The summed E-state index contributed by atoms with van der Waals surface area (Å²) in [5, 5.41) is 13.4. The molecule has 0 heterocycles. The first-order valence-electron chi connectivity index (χ1n) is 11.5. The van der Waals surface area contributed by atoms with E-state index in [-0.39, 0.29) is 18.9 Å². The van der Waals surface area contributed by atoms with Crippen LogP contribution in [0.2, 0.25) is 10.0 Å². The van der Waals surface area contributed by atoms with Crippen molar-refractivity contribution < 1.29 is 19.4 Å². The van der Waals surface area contributed by atoms with Gasteiger partial charge < -0.3 is 15.2 Å². The van der Waals surface area contributed by atoms with E-state index in [0.29, 0.717) is 47.4 Å². The van der Waals surface area contributed by atoms with Gasteiger partial charge in [-0.2, -0.15) is 11.8 Å². The van der Waals surface area contributed by atoms with Gasteiger partial charge in [0.1, 0.15) is 6.04 Å². The number of amides is 1. The summed E-state index contributed by atoms with van der Waals surface area (Å²) in [6.45, 7) is 2.81. The molecule has 9 heteroatoms. The van der Waals surface area contributed by atoms with Gasteiger partial charge in [0.05, 0.1) is 13.2 Å². The number of carboxylic acid groups (broad SMARTS) is 1. The predicted octanol–water partition coefficient (Wildman–Crippen LogP) is 6.02. The van der Waals surface area contributed by atoms with E-state index in [4.69, 9.17) is 27.9 Å². The number of benzene rings is 3. The van der Waals surface area contributed by atoms with Gasteiger partial charge in [-0.15, -0.1) is 0 Å². The molecule has 0 aliphatic heterocycles. The van der Waals surface area contributed by atoms with Gasteiger partial charge in [0, 0.05) is 15.6 Å². The van der Waals surface area contributed by atoms with Crippen molar-refractivity contribution in [3.8, 4) is 11.1 Å². The molecule has 0 bridgehead atoms. The first-order chi connectivity index (χ1) is 17.3. The Balaban J connectivity index is 0.00000481. The Morgan fingerprint density at radius 3 is 2.49 bits per heavy atom. The van der Waals surface area contributed by atoms with E-state index >= 15 is 0 Å². The zero-order valence-corrected chi connectivity index (χ0v) is 22.6. The van der Waals surface area contributed by atoms with Crippen LogP contribution in [0.5, 0.6) is 0 Å². The third-order valence-corrected chi connectivity index (χ3v) is 7.01. The summed E-state index contributed by atoms with van der Waals surface area (Å²) in [5.74, 6) is -0.813. The van der Waals surface area contributed by atoms with Crippen LogP contribution in [-0.2, 0) is 22.6 Å². The average molecular weight is 554 g/mol. The van der Waals surface area contributed by atoms with Crippen molar-refractivity contribution in [2.75, 3.05) is 18.6 Å². The van der Waals surface area contributed by atoms with Crippen molar-refractivity contribution in [1.82, 2.24) is 5.32 Å². The number of carbonyl (C=O) groups excluding carboxylic acids is 1. The van der Waals surface area contributed by atoms with E-state index in [9.17, 15) is 14.7 Å². The van der Waals surface area contributed by atoms with E-state index in [1.54, 1.807) is 30.0 Å². The minimum absolute atomic E-state index is 0. The molecular formula is C28H30Cl2LiNO4S. The van der Waals surface area contributed by atoms with Crippen molar-refractivity contribution in [1.29, 1.82) is 0 Å². The van der Waals surface area contributed by atoms with Crippen LogP contribution in [0.3, 0.4) is 0 Å². The fraction of sp³-hybridized carbons (Fsp3) is 0.286. The van der Waals surface area contributed by atoms with Crippen molar-refractivity contribution in [2.45, 2.75) is 32.4 Å². The number of ether oxygens (including phenoxy) is 1. The van der Waals surface area contributed by atoms with Gasteiger partial charge in [-0.3, -0.25) is 4.79 Å². The molecule has 0 saturated heterocycles. The van der Waals surface area contributed by atoms with Gasteiger partial charge in [-0.25, -0.2) is 4.79 Å². The molecule has 5 nitrogen and oxygen atoms in total. The molecule has 0 spiro atoms. The molecule has 2 N–H and O–H groups in total. The number of hydrogen-bond acceptors (Lipinski definition) is 4. The summed E-state index contributed by atoms with van der Waals surface area (Å²) in [6.07, 6.45) is 2.90. The van der Waals surface area contributed by atoms with Gasteiger partial charge >= 0.3 is 24.8 Å². The van der Waals surface area contributed by atoms with Crippen molar-refractivity contribution in [3.63, 3.8) is 0 Å². The standard InChI is InChI=1S/C28H29Cl2NO4S.Li.H/c1-18-5-3-4-6-22(18)24-15-19(17-35-13-11-20-8-9-21(29)16-25(20)30)7-10-23(24)27(32)31-26(28(33)34)12-14-36-2;;/h3-10,15-16,26H,11-14,17H2,1-2H3,(H,31,32)(H,33,34);;. The Morgan fingerprint density at radius 1 is 1.05 bits per heavy atom. The second-order valence-corrected chi connectivity index (χ2v) is 10.2. The van der Waals surface area contributed by atoms with Crippen LogP contribution in [-0.4, -0.2) is 60.5 Å². The number of halogens is 2. The molecule has 0 fully saturated rings. The average Bonchev–Trinajstić information content (AvgIpc) is 2.85. The van der Waals surface area contributed by atoms with Crippen LogP contribution in [0.25, 0.3) is 11.1 Å². The molecule has 3 aromatic carbocycles. The van der Waals surface area contributed by atoms with Gasteiger partial charge in [0.15, 0.2) is 0 Å². The van der Waals surface area contributed by atoms with Crippen LogP contribution in [0.15, 0.2) is 60.7 Å². The van der Waals surface area contributed by atoms with E-state index in [2.05, 4.69) is 5.32 Å². The number of carbonyl (C=O) groups is 2. The fourth-order valence-corrected chi connectivity index (χ4v) is 4.78. The number of aryl methyl sites for hydroxylation is 1. The molecular weight excluding hydrogens is 524 g/mol. The second kappa shape index (κ2) is 15.5. The van der Waals surface area contributed by atoms with Gasteiger partial charge in [-0.1, -0.05) is 59.6 Å². The molecule has 37 heavy (non-hydrogen) atoms. The van der Waals surface area contributed by atoms with Crippen LogP contribution in [0.1, 0.15) is 33.5 Å². The third kappa shape index (κ3) is 9.10. The normalized spacial score (nSPS) is 11.5. The summed E-state index contributed by atoms with van der Waals surface area (Å²) in [7, 11) is 0. The quantitative estimate of drug-likeness (QED) is 0.212. The summed E-state index contributed by atoms with van der Waals surface area (Å²) < 4.78 is 5.90. The third-order valence-electron chi connectivity index (χ3n) is 5.78. The Morgan fingerprint density at radius 2 is 1.81 bits per heavy atom.